The average molecular weight is 609 g/mol. The van der Waals surface area contributed by atoms with Crippen LogP contribution in [-0.2, 0) is 26.2 Å². The zero-order valence-electron chi connectivity index (χ0n) is 22.3. The van der Waals surface area contributed by atoms with E-state index in [0.717, 1.165) is 23.2 Å². The number of nitrogens with zero attached hydrogens (tertiary/aromatic N) is 2. The summed E-state index contributed by atoms with van der Waals surface area (Å²) in [7, 11) is -4.36. The molecule has 0 saturated carbocycles. The van der Waals surface area contributed by atoms with Gasteiger partial charge in [-0.05, 0) is 54.8 Å². The van der Waals surface area contributed by atoms with Crippen LogP contribution in [0.15, 0.2) is 77.7 Å². The number of nitrogens with one attached hydrogen (secondary N) is 1. The van der Waals surface area contributed by atoms with Crippen molar-refractivity contribution in [3.8, 4) is 0 Å². The van der Waals surface area contributed by atoms with E-state index in [1.165, 1.54) is 53.4 Å². The van der Waals surface area contributed by atoms with Gasteiger partial charge < -0.3 is 10.2 Å². The van der Waals surface area contributed by atoms with Gasteiger partial charge >= 0.3 is 0 Å². The van der Waals surface area contributed by atoms with E-state index in [0.29, 0.717) is 17.1 Å². The van der Waals surface area contributed by atoms with Gasteiger partial charge in [0.25, 0.3) is 10.0 Å². The van der Waals surface area contributed by atoms with Gasteiger partial charge in [0.15, 0.2) is 0 Å². The number of hydrogen-bond acceptors (Lipinski definition) is 4. The number of unbranched alkanes of at least 4 members (excludes halogenated alkanes) is 1. The second-order valence-corrected chi connectivity index (χ2v) is 11.8. The van der Waals surface area contributed by atoms with Gasteiger partial charge in [0.2, 0.25) is 11.8 Å². The van der Waals surface area contributed by atoms with Crippen molar-refractivity contribution in [3.63, 3.8) is 0 Å². The van der Waals surface area contributed by atoms with Gasteiger partial charge in [0.1, 0.15) is 18.4 Å². The summed E-state index contributed by atoms with van der Waals surface area (Å²) in [5.41, 5.74) is 0.229. The lowest BCUT2D eigenvalue weighted by atomic mass is 10.1. The molecule has 0 aliphatic heterocycles. The minimum absolute atomic E-state index is 0.0922. The smallest absolute Gasteiger partial charge is 0.264 e. The molecule has 0 saturated heterocycles. The molecule has 0 aliphatic rings. The number of para-hydroxylation sites is 1. The molecule has 0 heterocycles. The van der Waals surface area contributed by atoms with E-state index < -0.39 is 34.3 Å². The average Bonchev–Trinajstić information content (AvgIpc) is 2.93. The highest BCUT2D eigenvalue weighted by molar-refractivity contribution is 7.92. The van der Waals surface area contributed by atoms with Crippen LogP contribution in [0.5, 0.6) is 0 Å². The van der Waals surface area contributed by atoms with Crippen LogP contribution in [0.3, 0.4) is 0 Å². The Bertz CT molecular complexity index is 1420. The van der Waals surface area contributed by atoms with Crippen LogP contribution in [-0.4, -0.2) is 44.3 Å². The van der Waals surface area contributed by atoms with E-state index in [1.54, 1.807) is 25.1 Å². The van der Waals surface area contributed by atoms with Crippen LogP contribution in [0.1, 0.15) is 38.7 Å². The van der Waals surface area contributed by atoms with Crippen molar-refractivity contribution < 1.29 is 22.4 Å². The van der Waals surface area contributed by atoms with Crippen molar-refractivity contribution >= 4 is 50.7 Å². The fourth-order valence-corrected chi connectivity index (χ4v) is 6.06. The van der Waals surface area contributed by atoms with Gasteiger partial charge in [0, 0.05) is 23.1 Å². The lowest BCUT2D eigenvalue weighted by molar-refractivity contribution is -0.140. The first-order valence-corrected chi connectivity index (χ1v) is 15.1. The maximum atomic E-state index is 15.0. The summed E-state index contributed by atoms with van der Waals surface area (Å²) in [4.78, 5) is 28.4. The van der Waals surface area contributed by atoms with Gasteiger partial charge in [-0.15, -0.1) is 0 Å². The van der Waals surface area contributed by atoms with E-state index in [1.807, 2.05) is 6.92 Å². The molecule has 0 aliphatic carbocycles. The Morgan fingerprint density at radius 1 is 0.975 bits per heavy atom. The third-order valence-electron chi connectivity index (χ3n) is 6.30. The van der Waals surface area contributed by atoms with Gasteiger partial charge in [-0.1, -0.05) is 79.9 Å². The molecule has 3 aromatic rings. The van der Waals surface area contributed by atoms with Gasteiger partial charge in [-0.3, -0.25) is 13.9 Å². The van der Waals surface area contributed by atoms with Crippen molar-refractivity contribution in [2.24, 2.45) is 0 Å². The van der Waals surface area contributed by atoms with Crippen LogP contribution in [0.25, 0.3) is 0 Å². The number of benzene rings is 3. The van der Waals surface area contributed by atoms with Gasteiger partial charge in [-0.25, -0.2) is 12.8 Å². The zero-order chi connectivity index (χ0) is 29.3. The predicted octanol–water partition coefficient (Wildman–Crippen LogP) is 6.05. The third-order valence-corrected chi connectivity index (χ3v) is 8.66. The second-order valence-electron chi connectivity index (χ2n) is 9.10. The van der Waals surface area contributed by atoms with E-state index in [-0.39, 0.29) is 34.5 Å². The Kier molecular flexibility index (Phi) is 11.4. The lowest BCUT2D eigenvalue weighted by Crippen LogP contribution is -2.52. The standard InChI is InChI=1S/C29H32Cl2FN3O4S/c1-3-5-17-33-29(37)26(4-2)34(19-21-15-16-22(30)18-24(21)31)28(36)20-35(27-14-10-9-13-25(27)32)40(38,39)23-11-7-6-8-12-23/h6-16,18,26H,3-5,17,19-20H2,1-2H3,(H,33,37)/t26-/m0/s1. The molecule has 1 N–H and O–H groups in total. The van der Waals surface area contributed by atoms with Crippen molar-refractivity contribution in [1.82, 2.24) is 10.2 Å². The summed E-state index contributed by atoms with van der Waals surface area (Å²) in [6, 6.07) is 16.6. The van der Waals surface area contributed by atoms with Crippen molar-refractivity contribution in [3.05, 3.63) is 94.2 Å². The number of anilines is 1. The van der Waals surface area contributed by atoms with Gasteiger partial charge in [0.05, 0.1) is 10.6 Å². The normalized spacial score (nSPS) is 12.0. The van der Waals surface area contributed by atoms with Crippen molar-refractivity contribution in [1.29, 1.82) is 0 Å². The maximum Gasteiger partial charge on any atom is 0.264 e. The highest BCUT2D eigenvalue weighted by Gasteiger charge is 2.34. The summed E-state index contributed by atoms with van der Waals surface area (Å²) in [6.45, 7) is 3.34. The second kappa shape index (κ2) is 14.5. The zero-order valence-corrected chi connectivity index (χ0v) is 24.6. The highest BCUT2D eigenvalue weighted by atomic mass is 35.5. The van der Waals surface area contributed by atoms with E-state index >= 15 is 0 Å². The van der Waals surface area contributed by atoms with Crippen molar-refractivity contribution in [2.75, 3.05) is 17.4 Å². The lowest BCUT2D eigenvalue weighted by Gasteiger charge is -2.33. The van der Waals surface area contributed by atoms with Crippen LogP contribution >= 0.6 is 23.2 Å². The molecule has 0 aromatic heterocycles. The van der Waals surface area contributed by atoms with E-state index in [4.69, 9.17) is 23.2 Å². The number of halogens is 3. The Hall–Kier alpha value is -3.14. The molecule has 214 valence electrons. The first-order valence-electron chi connectivity index (χ1n) is 12.9. The highest BCUT2D eigenvalue weighted by Crippen LogP contribution is 2.28. The Morgan fingerprint density at radius 2 is 1.65 bits per heavy atom. The minimum Gasteiger partial charge on any atom is -0.354 e. The Morgan fingerprint density at radius 3 is 2.27 bits per heavy atom. The minimum atomic E-state index is -4.36. The molecule has 1 atom stereocenters. The number of rotatable bonds is 13. The van der Waals surface area contributed by atoms with Crippen LogP contribution in [0.4, 0.5) is 10.1 Å². The van der Waals surface area contributed by atoms with Crippen molar-refractivity contribution in [2.45, 2.75) is 50.6 Å². The number of sulfonamides is 1. The number of amides is 2. The largest absolute Gasteiger partial charge is 0.354 e. The van der Waals surface area contributed by atoms with Crippen LogP contribution in [0, 0.1) is 5.82 Å². The molecule has 3 rings (SSSR count). The summed E-state index contributed by atoms with van der Waals surface area (Å²) in [5.74, 6) is -1.89. The van der Waals surface area contributed by atoms with Gasteiger partial charge in [-0.2, -0.15) is 0 Å². The van der Waals surface area contributed by atoms with E-state index in [2.05, 4.69) is 5.32 Å². The fourth-order valence-electron chi connectivity index (χ4n) is 4.15. The molecule has 3 aromatic carbocycles. The molecular formula is C29H32Cl2FN3O4S. The molecule has 0 spiro atoms. The first-order chi connectivity index (χ1) is 19.1. The number of carbonyl (C=O) groups excluding carboxylic acids is 2. The first kappa shape index (κ1) is 31.4. The summed E-state index contributed by atoms with van der Waals surface area (Å²) >= 11 is 12.5. The summed E-state index contributed by atoms with van der Waals surface area (Å²) in [6.07, 6.45) is 1.88. The summed E-state index contributed by atoms with van der Waals surface area (Å²) in [5, 5.41) is 3.54. The molecule has 0 fully saturated rings. The molecule has 7 nitrogen and oxygen atoms in total. The molecule has 0 radical (unpaired) electrons. The molecule has 0 bridgehead atoms. The fraction of sp³-hybridized carbons (Fsp3) is 0.310. The molecular weight excluding hydrogens is 576 g/mol. The molecule has 11 heteroatoms. The SMILES string of the molecule is CCCCNC(=O)[C@H](CC)N(Cc1ccc(Cl)cc1Cl)C(=O)CN(c1ccccc1F)S(=O)(=O)c1ccccc1. The van der Waals surface area contributed by atoms with Crippen LogP contribution < -0.4 is 9.62 Å². The van der Waals surface area contributed by atoms with Crippen LogP contribution in [0.2, 0.25) is 10.0 Å². The molecule has 40 heavy (non-hydrogen) atoms. The Labute approximate surface area is 244 Å². The molecule has 2 amide bonds. The number of carbonyl (C=O) groups is 2. The third kappa shape index (κ3) is 7.74. The topological polar surface area (TPSA) is 86.8 Å². The quantitative estimate of drug-likeness (QED) is 0.240. The summed E-state index contributed by atoms with van der Waals surface area (Å²) < 4.78 is 43.1. The number of hydrogen-bond donors (Lipinski definition) is 1. The molecule has 0 unspecified atom stereocenters. The van der Waals surface area contributed by atoms with E-state index in [9.17, 15) is 22.4 Å². The maximum absolute atomic E-state index is 15.0. The monoisotopic (exact) mass is 607 g/mol. The Balaban J connectivity index is 2.06. The predicted molar refractivity (Wildman–Crippen MR) is 156 cm³/mol.